The smallest absolute Gasteiger partial charge is 0.0700 e. The van der Waals surface area contributed by atoms with Gasteiger partial charge in [0.15, 0.2) is 0 Å². The summed E-state index contributed by atoms with van der Waals surface area (Å²) in [6.07, 6.45) is 1.44. The molecule has 2 N–H and O–H groups in total. The van der Waals surface area contributed by atoms with Crippen molar-refractivity contribution in [3.05, 3.63) is 22.4 Å². The van der Waals surface area contributed by atoms with Crippen LogP contribution in [0.25, 0.3) is 0 Å². The molecule has 1 aliphatic rings. The molecule has 0 radical (unpaired) electrons. The zero-order valence-corrected chi connectivity index (χ0v) is 11.5. The summed E-state index contributed by atoms with van der Waals surface area (Å²) in [6, 6.07) is 4.79. The third-order valence-electron chi connectivity index (χ3n) is 3.35. The van der Waals surface area contributed by atoms with Gasteiger partial charge in [0, 0.05) is 24.0 Å². The Morgan fingerprint density at radius 1 is 1.65 bits per heavy atom. The fourth-order valence-electron chi connectivity index (χ4n) is 2.47. The van der Waals surface area contributed by atoms with Crippen molar-refractivity contribution in [2.45, 2.75) is 38.5 Å². The Morgan fingerprint density at radius 2 is 2.47 bits per heavy atom. The minimum Gasteiger partial charge on any atom is -0.376 e. The SMILES string of the molecule is CCC1CN(C(c2cccs2)C(C)N)CCO1. The second-order valence-electron chi connectivity index (χ2n) is 4.72. The van der Waals surface area contributed by atoms with Gasteiger partial charge in [0.25, 0.3) is 0 Å². The van der Waals surface area contributed by atoms with Gasteiger partial charge in [0.05, 0.1) is 18.8 Å². The molecule has 0 aromatic carbocycles. The molecular formula is C13H22N2OS. The molecule has 96 valence electrons. The molecule has 3 unspecified atom stereocenters. The summed E-state index contributed by atoms with van der Waals surface area (Å²) in [7, 11) is 0. The van der Waals surface area contributed by atoms with Gasteiger partial charge in [-0.3, -0.25) is 4.90 Å². The third-order valence-corrected chi connectivity index (χ3v) is 4.29. The summed E-state index contributed by atoms with van der Waals surface area (Å²) in [5.41, 5.74) is 6.17. The van der Waals surface area contributed by atoms with Gasteiger partial charge in [-0.15, -0.1) is 11.3 Å². The first-order chi connectivity index (χ1) is 8.22. The van der Waals surface area contributed by atoms with Gasteiger partial charge in [-0.1, -0.05) is 13.0 Å². The summed E-state index contributed by atoms with van der Waals surface area (Å²) < 4.78 is 5.73. The lowest BCUT2D eigenvalue weighted by Crippen LogP contribution is -2.48. The number of hydrogen-bond donors (Lipinski definition) is 1. The highest BCUT2D eigenvalue weighted by Crippen LogP contribution is 2.29. The maximum absolute atomic E-state index is 6.17. The quantitative estimate of drug-likeness (QED) is 0.895. The van der Waals surface area contributed by atoms with Crippen molar-refractivity contribution in [3.8, 4) is 0 Å². The molecule has 0 amide bonds. The molecule has 1 saturated heterocycles. The van der Waals surface area contributed by atoms with Gasteiger partial charge in [0.2, 0.25) is 0 Å². The Kier molecular flexibility index (Phi) is 4.56. The second kappa shape index (κ2) is 5.96. The van der Waals surface area contributed by atoms with E-state index in [4.69, 9.17) is 10.5 Å². The van der Waals surface area contributed by atoms with Crippen LogP contribution in [0.5, 0.6) is 0 Å². The summed E-state index contributed by atoms with van der Waals surface area (Å²) in [6.45, 7) is 7.09. The first kappa shape index (κ1) is 13.0. The number of rotatable bonds is 4. The molecule has 1 aromatic heterocycles. The molecule has 0 aliphatic carbocycles. The average molecular weight is 254 g/mol. The Labute approximate surface area is 108 Å². The van der Waals surface area contributed by atoms with E-state index in [2.05, 4.69) is 36.3 Å². The Bertz CT molecular complexity index is 326. The fraction of sp³-hybridized carbons (Fsp3) is 0.692. The first-order valence-corrected chi connectivity index (χ1v) is 7.25. The van der Waals surface area contributed by atoms with Crippen LogP contribution in [0.1, 0.15) is 31.2 Å². The van der Waals surface area contributed by atoms with Crippen molar-refractivity contribution < 1.29 is 4.74 Å². The minimum absolute atomic E-state index is 0.157. The zero-order chi connectivity index (χ0) is 12.3. The van der Waals surface area contributed by atoms with Crippen LogP contribution in [-0.4, -0.2) is 36.7 Å². The van der Waals surface area contributed by atoms with Crippen molar-refractivity contribution in [2.75, 3.05) is 19.7 Å². The van der Waals surface area contributed by atoms with Crippen LogP contribution < -0.4 is 5.73 Å². The first-order valence-electron chi connectivity index (χ1n) is 6.37. The molecule has 1 aromatic rings. The van der Waals surface area contributed by atoms with Crippen molar-refractivity contribution in [3.63, 3.8) is 0 Å². The summed E-state index contributed by atoms with van der Waals surface area (Å²) in [5, 5.41) is 2.13. The van der Waals surface area contributed by atoms with E-state index in [1.54, 1.807) is 11.3 Å². The van der Waals surface area contributed by atoms with Crippen LogP contribution >= 0.6 is 11.3 Å². The van der Waals surface area contributed by atoms with E-state index in [1.807, 2.05) is 0 Å². The minimum atomic E-state index is 0.157. The van der Waals surface area contributed by atoms with Crippen molar-refractivity contribution in [1.82, 2.24) is 4.90 Å². The van der Waals surface area contributed by atoms with E-state index in [0.717, 1.165) is 26.1 Å². The molecule has 0 spiro atoms. The molecule has 17 heavy (non-hydrogen) atoms. The number of morpholine rings is 1. The van der Waals surface area contributed by atoms with E-state index < -0.39 is 0 Å². The maximum Gasteiger partial charge on any atom is 0.0700 e. The predicted octanol–water partition coefficient (Wildman–Crippen LogP) is 2.25. The molecule has 0 bridgehead atoms. The largest absolute Gasteiger partial charge is 0.376 e. The van der Waals surface area contributed by atoms with E-state index in [9.17, 15) is 0 Å². The molecule has 1 fully saturated rings. The third kappa shape index (κ3) is 3.07. The monoisotopic (exact) mass is 254 g/mol. The molecule has 3 nitrogen and oxygen atoms in total. The Hall–Kier alpha value is -0.420. The zero-order valence-electron chi connectivity index (χ0n) is 10.6. The highest BCUT2D eigenvalue weighted by Gasteiger charge is 2.29. The van der Waals surface area contributed by atoms with Gasteiger partial charge in [0.1, 0.15) is 0 Å². The van der Waals surface area contributed by atoms with Crippen LogP contribution in [0.4, 0.5) is 0 Å². The van der Waals surface area contributed by atoms with E-state index in [0.29, 0.717) is 12.1 Å². The Morgan fingerprint density at radius 3 is 3.06 bits per heavy atom. The topological polar surface area (TPSA) is 38.5 Å². The summed E-state index contributed by atoms with van der Waals surface area (Å²) >= 11 is 1.80. The molecule has 2 rings (SSSR count). The lowest BCUT2D eigenvalue weighted by atomic mass is 10.1. The lowest BCUT2D eigenvalue weighted by Gasteiger charge is -2.39. The van der Waals surface area contributed by atoms with Crippen molar-refractivity contribution >= 4 is 11.3 Å². The maximum atomic E-state index is 6.17. The number of thiophene rings is 1. The number of nitrogens with zero attached hydrogens (tertiary/aromatic N) is 1. The predicted molar refractivity (Wildman–Crippen MR) is 72.3 cm³/mol. The number of hydrogen-bond acceptors (Lipinski definition) is 4. The van der Waals surface area contributed by atoms with E-state index in [-0.39, 0.29) is 6.04 Å². The van der Waals surface area contributed by atoms with Crippen LogP contribution in [0.15, 0.2) is 17.5 Å². The molecule has 2 heterocycles. The fourth-order valence-corrected chi connectivity index (χ4v) is 3.45. The van der Waals surface area contributed by atoms with Crippen LogP contribution in [0, 0.1) is 0 Å². The van der Waals surface area contributed by atoms with Gasteiger partial charge < -0.3 is 10.5 Å². The van der Waals surface area contributed by atoms with Crippen molar-refractivity contribution in [1.29, 1.82) is 0 Å². The molecule has 3 atom stereocenters. The van der Waals surface area contributed by atoms with Gasteiger partial charge in [-0.2, -0.15) is 0 Å². The lowest BCUT2D eigenvalue weighted by molar-refractivity contribution is -0.0472. The van der Waals surface area contributed by atoms with Gasteiger partial charge in [-0.05, 0) is 24.8 Å². The van der Waals surface area contributed by atoms with Crippen LogP contribution in [0.3, 0.4) is 0 Å². The average Bonchev–Trinajstić information content (AvgIpc) is 2.83. The highest BCUT2D eigenvalue weighted by molar-refractivity contribution is 7.10. The molecule has 1 aliphatic heterocycles. The van der Waals surface area contributed by atoms with Gasteiger partial charge >= 0.3 is 0 Å². The summed E-state index contributed by atoms with van der Waals surface area (Å²) in [4.78, 5) is 3.85. The standard InChI is InChI=1S/C13H22N2OS/c1-3-11-9-15(6-7-16-11)13(10(2)14)12-5-4-8-17-12/h4-5,8,10-11,13H,3,6-7,9,14H2,1-2H3. The van der Waals surface area contributed by atoms with Gasteiger partial charge in [-0.25, -0.2) is 0 Å². The second-order valence-corrected chi connectivity index (χ2v) is 5.69. The molecule has 0 saturated carbocycles. The molecule has 4 heteroatoms. The van der Waals surface area contributed by atoms with Crippen LogP contribution in [-0.2, 0) is 4.74 Å². The number of ether oxygens (including phenoxy) is 1. The summed E-state index contributed by atoms with van der Waals surface area (Å²) in [5.74, 6) is 0. The van der Waals surface area contributed by atoms with E-state index in [1.165, 1.54) is 4.88 Å². The number of nitrogens with two attached hydrogens (primary N) is 1. The Balaban J connectivity index is 2.11. The van der Waals surface area contributed by atoms with Crippen molar-refractivity contribution in [2.24, 2.45) is 5.73 Å². The van der Waals surface area contributed by atoms with Crippen LogP contribution in [0.2, 0.25) is 0 Å². The normalized spacial score (nSPS) is 25.7. The van der Waals surface area contributed by atoms with E-state index >= 15 is 0 Å². The molecular weight excluding hydrogens is 232 g/mol. The highest BCUT2D eigenvalue weighted by atomic mass is 32.1.